The van der Waals surface area contributed by atoms with Crippen molar-refractivity contribution < 1.29 is 8.60 Å². The molecule has 1 heterocycles. The maximum Gasteiger partial charge on any atom is 0.139 e. The minimum Gasteiger partial charge on any atom is -0.258 e. The van der Waals surface area contributed by atoms with Gasteiger partial charge in [0.25, 0.3) is 0 Å². The van der Waals surface area contributed by atoms with Crippen molar-refractivity contribution in [2.75, 3.05) is 0 Å². The van der Waals surface area contributed by atoms with E-state index in [1.54, 1.807) is 6.07 Å². The Kier molecular flexibility index (Phi) is 4.38. The highest BCUT2D eigenvalue weighted by molar-refractivity contribution is 7.84. The largest absolute Gasteiger partial charge is 0.258 e. The van der Waals surface area contributed by atoms with Gasteiger partial charge in [-0.2, -0.15) is 5.10 Å². The van der Waals surface area contributed by atoms with Crippen LogP contribution in [0.2, 0.25) is 0 Å². The Morgan fingerprint density at radius 1 is 1.45 bits per heavy atom. The summed E-state index contributed by atoms with van der Waals surface area (Å²) in [6, 6.07) is 5.07. The van der Waals surface area contributed by atoms with E-state index >= 15 is 0 Å². The maximum atomic E-state index is 13.8. The van der Waals surface area contributed by atoms with E-state index in [0.717, 1.165) is 29.9 Å². The van der Waals surface area contributed by atoms with Gasteiger partial charge in [0.05, 0.1) is 11.0 Å². The molecular weight excluding hydrogens is 301 g/mol. The molecule has 6 heteroatoms. The van der Waals surface area contributed by atoms with Gasteiger partial charge in [-0.3, -0.25) is 4.21 Å². The molecule has 3 rings (SSSR count). The highest BCUT2D eigenvalue weighted by Crippen LogP contribution is 2.37. The zero-order chi connectivity index (χ0) is 15.7. The monoisotopic (exact) mass is 321 g/mol. The summed E-state index contributed by atoms with van der Waals surface area (Å²) in [5.41, 5.74) is 1.62. The molecule has 0 N–H and O–H groups in total. The van der Waals surface area contributed by atoms with Crippen molar-refractivity contribution in [2.24, 2.45) is 5.92 Å². The Hall–Kier alpha value is -1.56. The topological polar surface area (TPSA) is 47.8 Å². The fourth-order valence-corrected chi connectivity index (χ4v) is 4.53. The first kappa shape index (κ1) is 15.3. The number of aromatic nitrogens is 3. The number of rotatable bonds is 5. The van der Waals surface area contributed by atoms with Crippen molar-refractivity contribution in [1.29, 1.82) is 0 Å². The van der Waals surface area contributed by atoms with Gasteiger partial charge in [0, 0.05) is 17.3 Å². The molecule has 0 fully saturated rings. The van der Waals surface area contributed by atoms with E-state index < -0.39 is 10.8 Å². The standard InChI is InChI=1S/C16H20FN3OS/c1-11(2)8-20-16(18-10-19-20)9-22(21)15-7-6-12-13(15)4-3-5-14(12)17/h3-5,10-11,15H,6-9H2,1-2H3/t15-,22+/m0/s1. The van der Waals surface area contributed by atoms with E-state index in [4.69, 9.17) is 0 Å². The summed E-state index contributed by atoms with van der Waals surface area (Å²) in [5, 5.41) is 4.10. The molecule has 2 aromatic rings. The fourth-order valence-electron chi connectivity index (χ4n) is 2.97. The summed E-state index contributed by atoms with van der Waals surface area (Å²) in [4.78, 5) is 4.24. The van der Waals surface area contributed by atoms with Gasteiger partial charge in [-0.25, -0.2) is 14.1 Å². The summed E-state index contributed by atoms with van der Waals surface area (Å²) in [7, 11) is -1.11. The van der Waals surface area contributed by atoms with E-state index in [2.05, 4.69) is 23.9 Å². The van der Waals surface area contributed by atoms with E-state index in [0.29, 0.717) is 18.1 Å². The molecule has 0 saturated carbocycles. The van der Waals surface area contributed by atoms with E-state index in [1.165, 1.54) is 12.4 Å². The number of benzene rings is 1. The SMILES string of the molecule is CC(C)Cn1ncnc1C[S@@](=O)[C@H]1CCc2c(F)cccc21. The predicted octanol–water partition coefficient (Wildman–Crippen LogP) is 3.01. The van der Waals surface area contributed by atoms with Gasteiger partial charge >= 0.3 is 0 Å². The highest BCUT2D eigenvalue weighted by atomic mass is 32.2. The summed E-state index contributed by atoms with van der Waals surface area (Å²) in [6.07, 6.45) is 2.91. The molecule has 0 bridgehead atoms. The maximum absolute atomic E-state index is 13.8. The first-order valence-electron chi connectivity index (χ1n) is 7.57. The summed E-state index contributed by atoms with van der Waals surface area (Å²) < 4.78 is 28.3. The summed E-state index contributed by atoms with van der Waals surface area (Å²) in [6.45, 7) is 4.99. The number of hydrogen-bond acceptors (Lipinski definition) is 3. The van der Waals surface area contributed by atoms with Gasteiger partial charge in [-0.05, 0) is 36.0 Å². The Bertz CT molecular complexity index is 698. The van der Waals surface area contributed by atoms with E-state index in [1.807, 2.05) is 10.7 Å². The second kappa shape index (κ2) is 6.28. The Labute approximate surface area is 132 Å². The van der Waals surface area contributed by atoms with Crippen molar-refractivity contribution in [3.05, 3.63) is 47.3 Å². The third-order valence-corrected chi connectivity index (χ3v) is 5.65. The van der Waals surface area contributed by atoms with Crippen molar-refractivity contribution in [3.8, 4) is 0 Å². The van der Waals surface area contributed by atoms with Gasteiger partial charge in [-0.1, -0.05) is 26.0 Å². The lowest BCUT2D eigenvalue weighted by Gasteiger charge is -2.13. The van der Waals surface area contributed by atoms with Crippen LogP contribution in [0, 0.1) is 11.7 Å². The molecule has 118 valence electrons. The van der Waals surface area contributed by atoms with Gasteiger partial charge in [0.1, 0.15) is 18.0 Å². The van der Waals surface area contributed by atoms with Crippen LogP contribution in [0.4, 0.5) is 4.39 Å². The van der Waals surface area contributed by atoms with Crippen LogP contribution in [0.15, 0.2) is 24.5 Å². The minimum absolute atomic E-state index is 0.102. The molecule has 0 unspecified atom stereocenters. The lowest BCUT2D eigenvalue weighted by molar-refractivity contribution is 0.471. The zero-order valence-corrected chi connectivity index (χ0v) is 13.6. The molecule has 1 aliphatic carbocycles. The van der Waals surface area contributed by atoms with E-state index in [-0.39, 0.29) is 11.1 Å². The quantitative estimate of drug-likeness (QED) is 0.850. The first-order valence-corrected chi connectivity index (χ1v) is 8.95. The van der Waals surface area contributed by atoms with Crippen LogP contribution in [-0.2, 0) is 29.5 Å². The predicted molar refractivity (Wildman–Crippen MR) is 84.2 cm³/mol. The van der Waals surface area contributed by atoms with Crippen LogP contribution >= 0.6 is 0 Å². The Morgan fingerprint density at radius 3 is 3.05 bits per heavy atom. The molecule has 0 aliphatic heterocycles. The lowest BCUT2D eigenvalue weighted by atomic mass is 10.1. The molecule has 1 aromatic carbocycles. The Morgan fingerprint density at radius 2 is 2.27 bits per heavy atom. The molecule has 0 saturated heterocycles. The zero-order valence-electron chi connectivity index (χ0n) is 12.8. The van der Waals surface area contributed by atoms with Crippen LogP contribution in [0.3, 0.4) is 0 Å². The smallest absolute Gasteiger partial charge is 0.139 e. The minimum atomic E-state index is -1.11. The molecule has 0 spiro atoms. The van der Waals surface area contributed by atoms with Gasteiger partial charge in [-0.15, -0.1) is 0 Å². The molecule has 1 aliphatic rings. The Balaban J connectivity index is 1.77. The number of nitrogens with zero attached hydrogens (tertiary/aromatic N) is 3. The highest BCUT2D eigenvalue weighted by Gasteiger charge is 2.30. The van der Waals surface area contributed by atoms with E-state index in [9.17, 15) is 8.60 Å². The third kappa shape index (κ3) is 2.97. The molecule has 1 aromatic heterocycles. The molecule has 0 amide bonds. The molecule has 0 radical (unpaired) electrons. The number of fused-ring (bicyclic) bond motifs is 1. The van der Waals surface area contributed by atoms with Crippen LogP contribution in [0.5, 0.6) is 0 Å². The molecule has 2 atom stereocenters. The number of hydrogen-bond donors (Lipinski definition) is 0. The van der Waals surface area contributed by atoms with Crippen LogP contribution in [0.25, 0.3) is 0 Å². The summed E-state index contributed by atoms with van der Waals surface area (Å²) >= 11 is 0. The van der Waals surface area contributed by atoms with Crippen molar-refractivity contribution in [3.63, 3.8) is 0 Å². The summed E-state index contributed by atoms with van der Waals surface area (Å²) in [5.74, 6) is 1.39. The average Bonchev–Trinajstić information content (AvgIpc) is 3.06. The third-order valence-electron chi connectivity index (χ3n) is 3.98. The van der Waals surface area contributed by atoms with Crippen LogP contribution in [-0.4, -0.2) is 19.0 Å². The van der Waals surface area contributed by atoms with Gasteiger partial charge in [0.2, 0.25) is 0 Å². The van der Waals surface area contributed by atoms with Crippen LogP contribution in [0.1, 0.15) is 42.5 Å². The molecule has 22 heavy (non-hydrogen) atoms. The van der Waals surface area contributed by atoms with Crippen LogP contribution < -0.4 is 0 Å². The normalized spacial score (nSPS) is 18.6. The second-order valence-corrected chi connectivity index (χ2v) is 7.73. The number of halogens is 1. The average molecular weight is 321 g/mol. The second-order valence-electron chi connectivity index (χ2n) is 6.11. The van der Waals surface area contributed by atoms with Gasteiger partial charge < -0.3 is 0 Å². The van der Waals surface area contributed by atoms with Crippen molar-refractivity contribution >= 4 is 10.8 Å². The van der Waals surface area contributed by atoms with Crippen molar-refractivity contribution in [1.82, 2.24) is 14.8 Å². The van der Waals surface area contributed by atoms with Crippen molar-refractivity contribution in [2.45, 2.75) is 44.2 Å². The fraction of sp³-hybridized carbons (Fsp3) is 0.500. The van der Waals surface area contributed by atoms with Gasteiger partial charge in [0.15, 0.2) is 0 Å². The molecule has 4 nitrogen and oxygen atoms in total. The first-order chi connectivity index (χ1) is 10.6. The lowest BCUT2D eigenvalue weighted by Crippen LogP contribution is -2.14. The molecular formula is C16H20FN3OS.